The van der Waals surface area contributed by atoms with Crippen molar-refractivity contribution in [3.63, 3.8) is 0 Å². The van der Waals surface area contributed by atoms with Crippen LogP contribution in [-0.2, 0) is 20.8 Å². The quantitative estimate of drug-likeness (QED) is 0.861. The Morgan fingerprint density at radius 2 is 2.12 bits per heavy atom. The van der Waals surface area contributed by atoms with E-state index >= 15 is 0 Å². The van der Waals surface area contributed by atoms with Crippen LogP contribution in [0.5, 0.6) is 0 Å². The van der Waals surface area contributed by atoms with Crippen molar-refractivity contribution in [3.8, 4) is 0 Å². The van der Waals surface area contributed by atoms with Crippen molar-refractivity contribution in [2.24, 2.45) is 0 Å². The van der Waals surface area contributed by atoms with Crippen LogP contribution in [0.15, 0.2) is 24.3 Å². The summed E-state index contributed by atoms with van der Waals surface area (Å²) >= 11 is 1.61. The molecule has 8 heteroatoms. The molecule has 0 aliphatic carbocycles. The van der Waals surface area contributed by atoms with Gasteiger partial charge in [0, 0.05) is 25.9 Å². The number of nitrogens with zero attached hydrogens (tertiary/aromatic N) is 3. The highest BCUT2D eigenvalue weighted by molar-refractivity contribution is 7.18. The average molecular weight is 358 g/mol. The second kappa shape index (κ2) is 6.44. The van der Waals surface area contributed by atoms with Crippen LogP contribution in [0.3, 0.4) is 0 Å². The molecule has 1 N–H and O–H groups in total. The van der Waals surface area contributed by atoms with Crippen molar-refractivity contribution in [1.29, 1.82) is 0 Å². The van der Waals surface area contributed by atoms with E-state index < -0.39 is 6.04 Å². The first-order chi connectivity index (χ1) is 12.1. The lowest BCUT2D eigenvalue weighted by atomic mass is 10.1. The fourth-order valence-electron chi connectivity index (χ4n) is 3.31. The normalized spacial score (nSPS) is 20.6. The minimum absolute atomic E-state index is 0.00438. The van der Waals surface area contributed by atoms with Crippen LogP contribution in [0, 0.1) is 0 Å². The number of aryl methyl sites for hydroxylation is 1. The van der Waals surface area contributed by atoms with Gasteiger partial charge in [-0.15, -0.1) is 11.3 Å². The van der Waals surface area contributed by atoms with Crippen molar-refractivity contribution < 1.29 is 14.4 Å². The minimum Gasteiger partial charge on any atom is -0.345 e. The predicted molar refractivity (Wildman–Crippen MR) is 93.0 cm³/mol. The second-order valence-corrected chi connectivity index (χ2v) is 7.35. The van der Waals surface area contributed by atoms with Crippen LogP contribution in [0.2, 0.25) is 0 Å². The van der Waals surface area contributed by atoms with E-state index in [2.05, 4.69) is 10.3 Å². The molecule has 0 bridgehead atoms. The largest absolute Gasteiger partial charge is 0.345 e. The van der Waals surface area contributed by atoms with Crippen LogP contribution >= 0.6 is 11.3 Å². The molecular formula is C17H18N4O3S. The summed E-state index contributed by atoms with van der Waals surface area (Å²) in [7, 11) is 0. The average Bonchev–Trinajstić information content (AvgIpc) is 3.05. The summed E-state index contributed by atoms with van der Waals surface area (Å²) in [5, 5.41) is 3.53. The van der Waals surface area contributed by atoms with Gasteiger partial charge in [-0.1, -0.05) is 12.1 Å². The molecule has 3 heterocycles. The van der Waals surface area contributed by atoms with Crippen LogP contribution in [0.25, 0.3) is 10.2 Å². The molecule has 7 nitrogen and oxygen atoms in total. The molecule has 0 spiro atoms. The fourth-order valence-corrected chi connectivity index (χ4v) is 4.28. The standard InChI is InChI=1S/C17H18N4O3S/c22-15(6-5-14-19-11-3-1-2-4-13(11)25-14)20-7-8-21-12(10-20)17(24)18-9-16(21)23/h1-4,12H,5-10H2,(H,18,24)/t12-/m1/s1. The van der Waals surface area contributed by atoms with Crippen molar-refractivity contribution in [3.05, 3.63) is 29.3 Å². The van der Waals surface area contributed by atoms with E-state index in [0.717, 1.165) is 15.2 Å². The summed E-state index contributed by atoms with van der Waals surface area (Å²) in [5.74, 6) is -0.251. The Morgan fingerprint density at radius 3 is 2.96 bits per heavy atom. The molecule has 1 atom stereocenters. The fraction of sp³-hybridized carbons (Fsp3) is 0.412. The van der Waals surface area contributed by atoms with E-state index in [1.54, 1.807) is 21.1 Å². The third-order valence-electron chi connectivity index (χ3n) is 4.66. The van der Waals surface area contributed by atoms with E-state index in [4.69, 9.17) is 0 Å². The Morgan fingerprint density at radius 1 is 1.28 bits per heavy atom. The lowest BCUT2D eigenvalue weighted by Gasteiger charge is -2.42. The maximum atomic E-state index is 12.5. The van der Waals surface area contributed by atoms with Crippen molar-refractivity contribution in [2.45, 2.75) is 18.9 Å². The number of rotatable bonds is 3. The highest BCUT2D eigenvalue weighted by Gasteiger charge is 2.39. The van der Waals surface area contributed by atoms with Crippen LogP contribution in [0.4, 0.5) is 0 Å². The van der Waals surface area contributed by atoms with Crippen molar-refractivity contribution >= 4 is 39.3 Å². The Balaban J connectivity index is 1.38. The number of carbonyl (C=O) groups is 3. The van der Waals surface area contributed by atoms with Gasteiger partial charge < -0.3 is 15.1 Å². The zero-order valence-corrected chi connectivity index (χ0v) is 14.4. The molecule has 0 saturated carbocycles. The van der Waals surface area contributed by atoms with E-state index in [9.17, 15) is 14.4 Å². The lowest BCUT2D eigenvalue weighted by molar-refractivity contribution is -0.152. The van der Waals surface area contributed by atoms with Gasteiger partial charge >= 0.3 is 0 Å². The first-order valence-electron chi connectivity index (χ1n) is 8.31. The number of amides is 3. The Kier molecular flexibility index (Phi) is 4.12. The maximum Gasteiger partial charge on any atom is 0.245 e. The van der Waals surface area contributed by atoms with Crippen LogP contribution in [-0.4, -0.2) is 64.7 Å². The van der Waals surface area contributed by atoms with E-state index in [-0.39, 0.29) is 30.8 Å². The van der Waals surface area contributed by atoms with Crippen LogP contribution in [0.1, 0.15) is 11.4 Å². The smallest absolute Gasteiger partial charge is 0.245 e. The molecule has 2 aromatic rings. The molecule has 1 aromatic heterocycles. The number of carbonyl (C=O) groups excluding carboxylic acids is 3. The number of nitrogens with one attached hydrogen (secondary N) is 1. The number of hydrogen-bond acceptors (Lipinski definition) is 5. The Labute approximate surface area is 148 Å². The van der Waals surface area contributed by atoms with Gasteiger partial charge in [0.25, 0.3) is 0 Å². The molecule has 2 aliphatic rings. The Hall–Kier alpha value is -2.48. The number of piperazine rings is 2. The molecule has 2 saturated heterocycles. The molecule has 0 unspecified atom stereocenters. The summed E-state index contributed by atoms with van der Waals surface area (Å²) in [6.45, 7) is 1.23. The number of aromatic nitrogens is 1. The molecule has 3 amide bonds. The number of para-hydroxylation sites is 1. The predicted octanol–water partition coefficient (Wildman–Crippen LogP) is 0.398. The molecular weight excluding hydrogens is 340 g/mol. The third-order valence-corrected chi connectivity index (χ3v) is 5.76. The number of benzene rings is 1. The van der Waals surface area contributed by atoms with Gasteiger partial charge in [0.2, 0.25) is 17.7 Å². The van der Waals surface area contributed by atoms with E-state index in [1.165, 1.54) is 0 Å². The molecule has 0 radical (unpaired) electrons. The van der Waals surface area contributed by atoms with Crippen molar-refractivity contribution in [1.82, 2.24) is 20.1 Å². The van der Waals surface area contributed by atoms with Gasteiger partial charge in [0.05, 0.1) is 28.3 Å². The number of hydrogen-bond donors (Lipinski definition) is 1. The summed E-state index contributed by atoms with van der Waals surface area (Å²) in [6, 6.07) is 7.37. The maximum absolute atomic E-state index is 12.5. The molecule has 4 rings (SSSR count). The van der Waals surface area contributed by atoms with Gasteiger partial charge in [-0.25, -0.2) is 4.98 Å². The second-order valence-electron chi connectivity index (χ2n) is 6.24. The van der Waals surface area contributed by atoms with Crippen molar-refractivity contribution in [2.75, 3.05) is 26.2 Å². The van der Waals surface area contributed by atoms with Gasteiger partial charge in [0.15, 0.2) is 0 Å². The summed E-state index contributed by atoms with van der Waals surface area (Å²) < 4.78 is 1.12. The number of fused-ring (bicyclic) bond motifs is 2. The lowest BCUT2D eigenvalue weighted by Crippen LogP contribution is -2.66. The Bertz CT molecular complexity index is 816. The zero-order chi connectivity index (χ0) is 17.4. The number of thiazole rings is 1. The summed E-state index contributed by atoms with van der Waals surface area (Å²) in [5.41, 5.74) is 0.959. The van der Waals surface area contributed by atoms with Crippen LogP contribution < -0.4 is 5.32 Å². The van der Waals surface area contributed by atoms with Gasteiger partial charge in [-0.3, -0.25) is 14.4 Å². The summed E-state index contributed by atoms with van der Waals surface area (Å²) in [4.78, 5) is 44.1. The minimum atomic E-state index is -0.554. The van der Waals surface area contributed by atoms with Gasteiger partial charge in [0.1, 0.15) is 6.04 Å². The molecule has 25 heavy (non-hydrogen) atoms. The highest BCUT2D eigenvalue weighted by atomic mass is 32.1. The third kappa shape index (κ3) is 3.09. The molecule has 2 fully saturated rings. The summed E-state index contributed by atoms with van der Waals surface area (Å²) in [6.07, 6.45) is 0.955. The monoisotopic (exact) mass is 358 g/mol. The first-order valence-corrected chi connectivity index (χ1v) is 9.13. The first kappa shape index (κ1) is 16.0. The topological polar surface area (TPSA) is 82.6 Å². The van der Waals surface area contributed by atoms with Gasteiger partial charge in [-0.2, -0.15) is 0 Å². The van der Waals surface area contributed by atoms with E-state index in [0.29, 0.717) is 25.9 Å². The highest BCUT2D eigenvalue weighted by Crippen LogP contribution is 2.23. The molecule has 1 aromatic carbocycles. The van der Waals surface area contributed by atoms with E-state index in [1.807, 2.05) is 24.3 Å². The van der Waals surface area contributed by atoms with Gasteiger partial charge in [-0.05, 0) is 12.1 Å². The zero-order valence-electron chi connectivity index (χ0n) is 13.6. The molecule has 130 valence electrons. The molecule has 2 aliphatic heterocycles. The SMILES string of the molecule is O=C1NCC(=O)N2CCN(C(=O)CCc3nc4ccccc4s3)C[C@H]12.